The molecule has 0 atom stereocenters. The molecule has 0 spiro atoms. The minimum atomic E-state index is -3.78. The average Bonchev–Trinajstić information content (AvgIpc) is 2.46. The highest BCUT2D eigenvalue weighted by Gasteiger charge is 2.17. The van der Waals surface area contributed by atoms with Crippen LogP contribution in [0.2, 0.25) is 0 Å². The van der Waals surface area contributed by atoms with E-state index in [0.717, 1.165) is 0 Å². The monoisotopic (exact) mass is 308 g/mol. The Morgan fingerprint density at radius 2 is 1.57 bits per heavy atom. The van der Waals surface area contributed by atoms with Crippen LogP contribution < -0.4 is 19.9 Å². The number of rotatable bonds is 5. The fraction of sp³-hybridized carbons (Fsp3) is 0.143. The molecule has 0 saturated heterocycles. The molecule has 2 aromatic rings. The maximum atomic E-state index is 12.3. The summed E-state index contributed by atoms with van der Waals surface area (Å²) in [7, 11) is -0.803. The van der Waals surface area contributed by atoms with E-state index < -0.39 is 10.0 Å². The highest BCUT2D eigenvalue weighted by atomic mass is 32.2. The van der Waals surface area contributed by atoms with Gasteiger partial charge in [0.05, 0.1) is 25.6 Å². The van der Waals surface area contributed by atoms with Crippen LogP contribution in [0.3, 0.4) is 0 Å². The number of hydrogen-bond donors (Lipinski definition) is 2. The smallest absolute Gasteiger partial charge is 0.263 e. The van der Waals surface area contributed by atoms with Crippen LogP contribution in [-0.4, -0.2) is 22.6 Å². The van der Waals surface area contributed by atoms with E-state index in [-0.39, 0.29) is 10.6 Å². The Bertz CT molecular complexity index is 722. The summed E-state index contributed by atoms with van der Waals surface area (Å²) in [6.07, 6.45) is 0. The van der Waals surface area contributed by atoms with E-state index >= 15 is 0 Å². The molecular weight excluding hydrogens is 292 g/mol. The fourth-order valence-corrected chi connectivity index (χ4v) is 2.98. The number of methoxy groups -OCH3 is 2. The Labute approximate surface area is 123 Å². The molecule has 0 aliphatic carbocycles. The zero-order valence-corrected chi connectivity index (χ0v) is 12.5. The summed E-state index contributed by atoms with van der Waals surface area (Å²) in [6, 6.07) is 11.0. The molecule has 0 saturated carbocycles. The lowest BCUT2D eigenvalue weighted by Gasteiger charge is -2.12. The minimum absolute atomic E-state index is 0.0202. The number of anilines is 2. The van der Waals surface area contributed by atoms with Gasteiger partial charge < -0.3 is 15.2 Å². The van der Waals surface area contributed by atoms with E-state index in [4.69, 9.17) is 15.2 Å². The molecule has 0 aromatic heterocycles. The van der Waals surface area contributed by atoms with Gasteiger partial charge in [0.15, 0.2) is 0 Å². The second-order valence-electron chi connectivity index (χ2n) is 4.24. The molecule has 0 aliphatic heterocycles. The fourth-order valence-electron chi connectivity index (χ4n) is 1.80. The summed E-state index contributed by atoms with van der Waals surface area (Å²) in [5.41, 5.74) is 6.21. The summed E-state index contributed by atoms with van der Waals surface area (Å²) < 4.78 is 37.4. The number of sulfonamides is 1. The molecule has 2 rings (SSSR count). The number of para-hydroxylation sites is 1. The second kappa shape index (κ2) is 5.92. The van der Waals surface area contributed by atoms with E-state index in [1.54, 1.807) is 30.3 Å². The Morgan fingerprint density at radius 1 is 1.00 bits per heavy atom. The van der Waals surface area contributed by atoms with Crippen LogP contribution in [0, 0.1) is 0 Å². The Balaban J connectivity index is 2.39. The van der Waals surface area contributed by atoms with Crippen LogP contribution in [0.25, 0.3) is 0 Å². The van der Waals surface area contributed by atoms with Gasteiger partial charge in [-0.3, -0.25) is 4.72 Å². The first-order valence-corrected chi connectivity index (χ1v) is 7.55. The normalized spacial score (nSPS) is 11.0. The van der Waals surface area contributed by atoms with Crippen LogP contribution in [-0.2, 0) is 10.0 Å². The van der Waals surface area contributed by atoms with Crippen LogP contribution in [0.5, 0.6) is 11.5 Å². The predicted molar refractivity (Wildman–Crippen MR) is 81.2 cm³/mol. The lowest BCUT2D eigenvalue weighted by molar-refractivity contribution is 0.395. The van der Waals surface area contributed by atoms with Crippen molar-refractivity contribution in [3.05, 3.63) is 42.5 Å². The first-order valence-electron chi connectivity index (χ1n) is 6.06. The summed E-state index contributed by atoms with van der Waals surface area (Å²) >= 11 is 0. The Hall–Kier alpha value is -2.41. The number of benzene rings is 2. The molecule has 0 fully saturated rings. The largest absolute Gasteiger partial charge is 0.497 e. The number of nitrogens with two attached hydrogens (primary N) is 1. The number of hydrogen-bond acceptors (Lipinski definition) is 5. The minimum Gasteiger partial charge on any atom is -0.497 e. The molecule has 112 valence electrons. The third kappa shape index (κ3) is 3.38. The van der Waals surface area contributed by atoms with Gasteiger partial charge in [-0.2, -0.15) is 0 Å². The molecule has 7 heteroatoms. The van der Waals surface area contributed by atoms with Gasteiger partial charge in [-0.05, 0) is 12.1 Å². The molecule has 0 heterocycles. The summed E-state index contributed by atoms with van der Waals surface area (Å²) in [5, 5.41) is 0. The highest BCUT2D eigenvalue weighted by Crippen LogP contribution is 2.28. The standard InChI is InChI=1S/C14H16N2O4S/c1-19-11-7-10(8-12(9-11)20-2)16-21(17,18)14-6-4-3-5-13(14)15/h3-9,16H,15H2,1-2H3. The van der Waals surface area contributed by atoms with Crippen molar-refractivity contribution in [2.45, 2.75) is 4.90 Å². The average molecular weight is 308 g/mol. The van der Waals surface area contributed by atoms with Gasteiger partial charge in [0.1, 0.15) is 16.4 Å². The third-order valence-corrected chi connectivity index (χ3v) is 4.27. The third-order valence-electron chi connectivity index (χ3n) is 2.81. The van der Waals surface area contributed by atoms with Crippen LogP contribution in [0.4, 0.5) is 11.4 Å². The van der Waals surface area contributed by atoms with Gasteiger partial charge >= 0.3 is 0 Å². The number of nitrogen functional groups attached to an aromatic ring is 1. The molecule has 0 radical (unpaired) electrons. The Morgan fingerprint density at radius 3 is 2.10 bits per heavy atom. The van der Waals surface area contributed by atoms with Crippen LogP contribution in [0.15, 0.2) is 47.4 Å². The summed E-state index contributed by atoms with van der Waals surface area (Å²) in [4.78, 5) is 0.0202. The zero-order chi connectivity index (χ0) is 15.5. The van der Waals surface area contributed by atoms with Crippen LogP contribution in [0.1, 0.15) is 0 Å². The topological polar surface area (TPSA) is 90.7 Å². The molecule has 0 bridgehead atoms. The molecule has 2 aromatic carbocycles. The SMILES string of the molecule is COc1cc(NS(=O)(=O)c2ccccc2N)cc(OC)c1. The first kappa shape index (κ1) is 15.0. The van der Waals surface area contributed by atoms with Crippen molar-refractivity contribution in [1.29, 1.82) is 0 Å². The van der Waals surface area contributed by atoms with Gasteiger partial charge in [-0.1, -0.05) is 12.1 Å². The first-order chi connectivity index (χ1) is 9.96. The quantitative estimate of drug-likeness (QED) is 0.825. The van der Waals surface area contributed by atoms with Crippen molar-refractivity contribution in [2.75, 3.05) is 24.7 Å². The zero-order valence-electron chi connectivity index (χ0n) is 11.7. The molecule has 0 aliphatic rings. The van der Waals surface area contributed by atoms with Gasteiger partial charge in [0.25, 0.3) is 10.0 Å². The number of nitrogens with one attached hydrogen (secondary N) is 1. The van der Waals surface area contributed by atoms with Crippen molar-refractivity contribution in [3.63, 3.8) is 0 Å². The van der Waals surface area contributed by atoms with E-state index in [1.165, 1.54) is 26.4 Å². The van der Waals surface area contributed by atoms with Crippen molar-refractivity contribution in [1.82, 2.24) is 0 Å². The van der Waals surface area contributed by atoms with Crippen molar-refractivity contribution >= 4 is 21.4 Å². The van der Waals surface area contributed by atoms with Gasteiger partial charge in [-0.25, -0.2) is 8.42 Å². The van der Waals surface area contributed by atoms with Gasteiger partial charge in [-0.15, -0.1) is 0 Å². The Kier molecular flexibility index (Phi) is 4.23. The predicted octanol–water partition coefficient (Wildman–Crippen LogP) is 2.09. The second-order valence-corrected chi connectivity index (χ2v) is 5.90. The number of ether oxygens (including phenoxy) is 2. The highest BCUT2D eigenvalue weighted by molar-refractivity contribution is 7.92. The molecule has 6 nitrogen and oxygen atoms in total. The lowest BCUT2D eigenvalue weighted by atomic mass is 10.3. The lowest BCUT2D eigenvalue weighted by Crippen LogP contribution is -2.14. The van der Waals surface area contributed by atoms with Crippen molar-refractivity contribution in [2.24, 2.45) is 0 Å². The molecular formula is C14H16N2O4S. The maximum Gasteiger partial charge on any atom is 0.263 e. The van der Waals surface area contributed by atoms with E-state index in [9.17, 15) is 8.42 Å². The van der Waals surface area contributed by atoms with Crippen molar-refractivity contribution < 1.29 is 17.9 Å². The van der Waals surface area contributed by atoms with E-state index in [1.807, 2.05) is 0 Å². The van der Waals surface area contributed by atoms with Gasteiger partial charge in [0.2, 0.25) is 0 Å². The maximum absolute atomic E-state index is 12.3. The summed E-state index contributed by atoms with van der Waals surface area (Å²) in [5.74, 6) is 0.959. The van der Waals surface area contributed by atoms with Gasteiger partial charge in [0, 0.05) is 18.2 Å². The van der Waals surface area contributed by atoms with E-state index in [0.29, 0.717) is 17.2 Å². The molecule has 3 N–H and O–H groups in total. The molecule has 21 heavy (non-hydrogen) atoms. The summed E-state index contributed by atoms with van der Waals surface area (Å²) in [6.45, 7) is 0. The van der Waals surface area contributed by atoms with Crippen molar-refractivity contribution in [3.8, 4) is 11.5 Å². The van der Waals surface area contributed by atoms with E-state index in [2.05, 4.69) is 4.72 Å². The molecule has 0 unspecified atom stereocenters. The van der Waals surface area contributed by atoms with Crippen LogP contribution >= 0.6 is 0 Å². The molecule has 0 amide bonds.